The highest BCUT2D eigenvalue weighted by molar-refractivity contribution is 6.24. The number of nitrogens with zero attached hydrogens (tertiary/aromatic N) is 2. The fourth-order valence-corrected chi connectivity index (χ4v) is 6.14. The lowest BCUT2D eigenvalue weighted by Gasteiger charge is -2.54. The van der Waals surface area contributed by atoms with Crippen LogP contribution >= 0.6 is 0 Å². The third-order valence-corrected chi connectivity index (χ3v) is 7.68. The topological polar surface area (TPSA) is 191 Å². The van der Waals surface area contributed by atoms with E-state index in [0.29, 0.717) is 5.56 Å². The molecule has 0 radical (unpaired) electrons. The van der Waals surface area contributed by atoms with Gasteiger partial charge in [0.1, 0.15) is 28.9 Å². The standard InChI is InChI=1S/C26H31N3O9/c1-10-11-7-6-8-12(30)15(11)20(32)16-14(10)22(38-13(31)9-28(2)3)18-19(29(4)5)21(33)17(25(27)36)24(35)26(18,37)23(16)34/h6-8,10,14,18-19,22,30,32,35,37H,9H2,1-5H3,(H2,27,36)/t10-,14-,18-,19+,22-,26-/m1/s1. The molecule has 6 N–H and O–H groups in total. The van der Waals surface area contributed by atoms with Gasteiger partial charge in [-0.3, -0.25) is 29.0 Å². The summed E-state index contributed by atoms with van der Waals surface area (Å²) in [5.41, 5.74) is 1.44. The SMILES string of the molecule is C[C@@H]1c2cccc(O)c2C(O)=C2C(=O)[C@@]3(O)C(O)=C(C(N)=O)C(=O)[C@@H](N(C)C)[C@@H]3[C@H](OC(=O)CN(C)C)[C@@H]21. The minimum absolute atomic E-state index is 0.0466. The average molecular weight is 530 g/mol. The number of phenols is 1. The number of ketones is 2. The van der Waals surface area contributed by atoms with E-state index < -0.39 is 81.6 Å². The van der Waals surface area contributed by atoms with Crippen molar-refractivity contribution in [2.24, 2.45) is 17.6 Å². The van der Waals surface area contributed by atoms with Crippen molar-refractivity contribution in [1.82, 2.24) is 9.80 Å². The zero-order chi connectivity index (χ0) is 28.4. The number of carbonyl (C=O) groups excluding carboxylic acids is 4. The Morgan fingerprint density at radius 3 is 2.29 bits per heavy atom. The van der Waals surface area contributed by atoms with Crippen molar-refractivity contribution in [1.29, 1.82) is 0 Å². The van der Waals surface area contributed by atoms with Gasteiger partial charge in [0.05, 0.1) is 24.1 Å². The van der Waals surface area contributed by atoms with Crippen LogP contribution < -0.4 is 5.73 Å². The second-order valence-electron chi connectivity index (χ2n) is 10.5. The Kier molecular flexibility index (Phi) is 6.63. The van der Waals surface area contributed by atoms with Crippen molar-refractivity contribution in [2.45, 2.75) is 30.6 Å². The van der Waals surface area contributed by atoms with Crippen LogP contribution in [0.5, 0.6) is 5.75 Å². The van der Waals surface area contributed by atoms with E-state index in [0.717, 1.165) is 0 Å². The zero-order valence-corrected chi connectivity index (χ0v) is 21.6. The maximum atomic E-state index is 14.1. The summed E-state index contributed by atoms with van der Waals surface area (Å²) < 4.78 is 5.86. The van der Waals surface area contributed by atoms with E-state index in [1.807, 2.05) is 0 Å². The van der Waals surface area contributed by atoms with Crippen LogP contribution in [0.1, 0.15) is 24.0 Å². The van der Waals surface area contributed by atoms with Crippen LogP contribution in [0, 0.1) is 11.8 Å². The van der Waals surface area contributed by atoms with E-state index in [1.54, 1.807) is 33.2 Å². The van der Waals surface area contributed by atoms with E-state index in [-0.39, 0.29) is 17.9 Å². The van der Waals surface area contributed by atoms with Gasteiger partial charge >= 0.3 is 5.97 Å². The summed E-state index contributed by atoms with van der Waals surface area (Å²) in [6, 6.07) is 3.08. The Bertz CT molecular complexity index is 1310. The summed E-state index contributed by atoms with van der Waals surface area (Å²) in [5.74, 6) is -9.83. The maximum Gasteiger partial charge on any atom is 0.320 e. The molecule has 0 unspecified atom stereocenters. The molecule has 0 spiro atoms. The first-order valence-electron chi connectivity index (χ1n) is 12.0. The minimum atomic E-state index is -2.96. The smallest absolute Gasteiger partial charge is 0.320 e. The number of Topliss-reactive ketones (excluding diaryl/α,β-unsaturated/α-hetero) is 2. The van der Waals surface area contributed by atoms with Crippen LogP contribution in [-0.4, -0.2) is 106 Å². The Hall–Kier alpha value is -3.74. The van der Waals surface area contributed by atoms with E-state index in [9.17, 15) is 39.6 Å². The number of fused-ring (bicyclic) bond motifs is 3. The summed E-state index contributed by atoms with van der Waals surface area (Å²) in [4.78, 5) is 55.6. The third-order valence-electron chi connectivity index (χ3n) is 7.68. The molecule has 3 aliphatic carbocycles. The highest BCUT2D eigenvalue weighted by Crippen LogP contribution is 2.56. The Labute approximate surface area is 218 Å². The third kappa shape index (κ3) is 3.70. The number of esters is 1. The predicted molar refractivity (Wildman–Crippen MR) is 133 cm³/mol. The maximum absolute atomic E-state index is 14.1. The number of ether oxygens (including phenoxy) is 1. The number of amides is 1. The quantitative estimate of drug-likeness (QED) is 0.246. The molecule has 1 saturated carbocycles. The van der Waals surface area contributed by atoms with Gasteiger partial charge in [0.2, 0.25) is 5.78 Å². The number of hydrogen-bond donors (Lipinski definition) is 5. The summed E-state index contributed by atoms with van der Waals surface area (Å²) in [5, 5.41) is 44.8. The van der Waals surface area contributed by atoms with Gasteiger partial charge in [-0.2, -0.15) is 0 Å². The van der Waals surface area contributed by atoms with Gasteiger partial charge in [0, 0.05) is 11.5 Å². The molecular formula is C26H31N3O9. The first-order chi connectivity index (χ1) is 17.7. The molecule has 0 saturated heterocycles. The van der Waals surface area contributed by atoms with Crippen LogP contribution in [0.3, 0.4) is 0 Å². The number of nitrogens with two attached hydrogens (primary N) is 1. The highest BCUT2D eigenvalue weighted by atomic mass is 16.5. The average Bonchev–Trinajstić information content (AvgIpc) is 2.80. The van der Waals surface area contributed by atoms with Crippen molar-refractivity contribution in [3.05, 3.63) is 46.2 Å². The fourth-order valence-electron chi connectivity index (χ4n) is 6.14. The van der Waals surface area contributed by atoms with Gasteiger partial charge in [-0.05, 0) is 45.7 Å². The van der Waals surface area contributed by atoms with Gasteiger partial charge < -0.3 is 30.9 Å². The van der Waals surface area contributed by atoms with Crippen molar-refractivity contribution < 1.29 is 44.3 Å². The fraction of sp³-hybridized carbons (Fsp3) is 0.462. The molecule has 38 heavy (non-hydrogen) atoms. The van der Waals surface area contributed by atoms with Gasteiger partial charge in [0.25, 0.3) is 5.91 Å². The molecule has 12 nitrogen and oxygen atoms in total. The van der Waals surface area contributed by atoms with Crippen LogP contribution in [0.2, 0.25) is 0 Å². The molecule has 12 heteroatoms. The number of likely N-dealkylation sites (N-methyl/N-ethyl adjacent to an activating group) is 2. The normalized spacial score (nSPS) is 30.8. The molecule has 6 atom stereocenters. The minimum Gasteiger partial charge on any atom is -0.508 e. The van der Waals surface area contributed by atoms with E-state index in [2.05, 4.69) is 0 Å². The van der Waals surface area contributed by atoms with Gasteiger partial charge in [0.15, 0.2) is 11.4 Å². The van der Waals surface area contributed by atoms with E-state index in [1.165, 1.54) is 30.0 Å². The lowest BCUT2D eigenvalue weighted by Crippen LogP contribution is -2.71. The van der Waals surface area contributed by atoms with Crippen molar-refractivity contribution in [3.63, 3.8) is 0 Å². The molecular weight excluding hydrogens is 498 g/mol. The number of rotatable bonds is 5. The summed E-state index contributed by atoms with van der Waals surface area (Å²) in [7, 11) is 6.19. The summed E-state index contributed by atoms with van der Waals surface area (Å²) in [6.07, 6.45) is -1.43. The Balaban J connectivity index is 2.08. The molecule has 1 aromatic carbocycles. The lowest BCUT2D eigenvalue weighted by molar-refractivity contribution is -0.185. The molecule has 0 aliphatic heterocycles. The molecule has 204 valence electrons. The molecule has 0 aromatic heterocycles. The predicted octanol–water partition coefficient (Wildman–Crippen LogP) is -0.392. The lowest BCUT2D eigenvalue weighted by atomic mass is 9.54. The van der Waals surface area contributed by atoms with Crippen molar-refractivity contribution in [2.75, 3.05) is 34.7 Å². The number of phenolic OH excluding ortho intramolecular Hbond substituents is 1. The number of aliphatic hydroxyl groups is 3. The Morgan fingerprint density at radius 1 is 1.11 bits per heavy atom. The van der Waals surface area contributed by atoms with Crippen molar-refractivity contribution in [3.8, 4) is 5.75 Å². The molecule has 0 heterocycles. The van der Waals surface area contributed by atoms with Crippen LogP contribution in [0.15, 0.2) is 35.1 Å². The number of aliphatic hydroxyl groups excluding tert-OH is 2. The Morgan fingerprint density at radius 2 is 1.74 bits per heavy atom. The van der Waals surface area contributed by atoms with Gasteiger partial charge in [-0.25, -0.2) is 0 Å². The first kappa shape index (κ1) is 27.3. The zero-order valence-electron chi connectivity index (χ0n) is 21.6. The number of primary amides is 1. The molecule has 1 aromatic rings. The molecule has 4 rings (SSSR count). The second-order valence-corrected chi connectivity index (χ2v) is 10.5. The van der Waals surface area contributed by atoms with Crippen molar-refractivity contribution >= 4 is 29.2 Å². The first-order valence-corrected chi connectivity index (χ1v) is 12.0. The number of hydrogen-bond acceptors (Lipinski definition) is 11. The van der Waals surface area contributed by atoms with Gasteiger partial charge in [-0.15, -0.1) is 0 Å². The molecule has 1 fully saturated rings. The summed E-state index contributed by atoms with van der Waals surface area (Å²) in [6.45, 7) is 1.51. The van der Waals surface area contributed by atoms with Crippen LogP contribution in [0.25, 0.3) is 5.76 Å². The van der Waals surface area contributed by atoms with E-state index in [4.69, 9.17) is 10.5 Å². The largest absolute Gasteiger partial charge is 0.508 e. The molecule has 1 amide bonds. The highest BCUT2D eigenvalue weighted by Gasteiger charge is 2.69. The van der Waals surface area contributed by atoms with Crippen LogP contribution in [0.4, 0.5) is 0 Å². The molecule has 3 aliphatic rings. The van der Waals surface area contributed by atoms with E-state index >= 15 is 0 Å². The second kappa shape index (κ2) is 9.22. The summed E-state index contributed by atoms with van der Waals surface area (Å²) >= 11 is 0. The van der Waals surface area contributed by atoms with Gasteiger partial charge in [-0.1, -0.05) is 19.1 Å². The molecule has 0 bridgehead atoms. The number of benzene rings is 1. The van der Waals surface area contributed by atoms with Crippen LogP contribution in [-0.2, 0) is 23.9 Å². The number of aromatic hydroxyl groups is 1. The number of carbonyl (C=O) groups is 4. The monoisotopic (exact) mass is 529 g/mol.